The van der Waals surface area contributed by atoms with E-state index in [9.17, 15) is 4.79 Å². The minimum atomic E-state index is -0.476. The van der Waals surface area contributed by atoms with Crippen molar-refractivity contribution < 1.29 is 23.4 Å². The van der Waals surface area contributed by atoms with Crippen molar-refractivity contribution in [1.29, 1.82) is 0 Å². The molecule has 0 aliphatic carbocycles. The maximum Gasteiger partial charge on any atom is 0.307 e. The normalized spacial score (nSPS) is 11.1. The predicted molar refractivity (Wildman–Crippen MR) is 185 cm³/mol. The first-order valence-corrected chi connectivity index (χ1v) is 16.1. The minimum Gasteiger partial charge on any atom is -0.493 e. The van der Waals surface area contributed by atoms with Crippen LogP contribution in [0.5, 0.6) is 17.2 Å². The van der Waals surface area contributed by atoms with Crippen LogP contribution in [-0.4, -0.2) is 23.8 Å². The van der Waals surface area contributed by atoms with E-state index in [4.69, 9.17) is 18.6 Å². The third kappa shape index (κ3) is 7.74. The number of methoxy groups -OCH3 is 1. The quantitative estimate of drug-likeness (QED) is 0.0818. The SMILES string of the molecule is COc1cc(/C=N/NC(=O)c2ccc(COc3ccc(-n4c(C)ccc4C)cc3)o2)cc(I)c1OCc1ccc(Br)cc1Br. The molecule has 1 amide bonds. The topological polar surface area (TPSA) is 87.2 Å². The van der Waals surface area contributed by atoms with E-state index < -0.39 is 5.91 Å². The number of aromatic nitrogens is 1. The van der Waals surface area contributed by atoms with E-state index in [0.717, 1.165) is 29.3 Å². The zero-order valence-electron chi connectivity index (χ0n) is 24.1. The van der Waals surface area contributed by atoms with E-state index in [2.05, 4.69) is 95.5 Å². The summed E-state index contributed by atoms with van der Waals surface area (Å²) in [6, 6.07) is 24.9. The maximum atomic E-state index is 12.6. The van der Waals surface area contributed by atoms with Crippen molar-refractivity contribution in [3.63, 3.8) is 0 Å². The van der Waals surface area contributed by atoms with Crippen LogP contribution in [-0.2, 0) is 13.2 Å². The van der Waals surface area contributed by atoms with Gasteiger partial charge in [0.1, 0.15) is 24.7 Å². The molecule has 0 atom stereocenters. The van der Waals surface area contributed by atoms with Gasteiger partial charge in [0, 0.05) is 31.6 Å². The highest BCUT2D eigenvalue weighted by atomic mass is 127. The van der Waals surface area contributed by atoms with Crippen LogP contribution >= 0.6 is 54.5 Å². The summed E-state index contributed by atoms with van der Waals surface area (Å²) in [7, 11) is 1.58. The molecule has 8 nitrogen and oxygen atoms in total. The molecule has 5 aromatic rings. The van der Waals surface area contributed by atoms with E-state index in [1.54, 1.807) is 25.3 Å². The Hall–Kier alpha value is -3.55. The van der Waals surface area contributed by atoms with Gasteiger partial charge in [-0.1, -0.05) is 37.9 Å². The van der Waals surface area contributed by atoms with Gasteiger partial charge in [-0.05, 0) is 115 Å². The Morgan fingerprint density at radius 3 is 2.41 bits per heavy atom. The van der Waals surface area contributed by atoms with Crippen LogP contribution in [0.4, 0.5) is 0 Å². The molecule has 2 aromatic heterocycles. The standard InChI is InChI=1S/C33H28Br2IN3O5/c1-20-4-5-21(2)39(20)25-8-10-26(11-9-25)42-19-27-12-13-30(44-27)33(40)38-37-17-22-14-29(36)32(31(15-22)41-3)43-18-23-6-7-24(34)16-28(23)35/h4-17H,18-19H2,1-3H3,(H,38,40)/b37-17+. The molecule has 0 radical (unpaired) electrons. The van der Waals surface area contributed by atoms with Crippen LogP contribution in [0.1, 0.15) is 38.8 Å². The third-order valence-corrected chi connectivity index (χ3v) is 8.68. The molecule has 0 spiro atoms. The number of hydrazone groups is 1. The number of halogens is 3. The number of hydrogen-bond acceptors (Lipinski definition) is 6. The van der Waals surface area contributed by atoms with Crippen LogP contribution in [0.3, 0.4) is 0 Å². The number of aryl methyl sites for hydroxylation is 2. The molecule has 1 N–H and O–H groups in total. The fourth-order valence-corrected chi connectivity index (χ4v) is 6.41. The summed E-state index contributed by atoms with van der Waals surface area (Å²) in [5.41, 5.74) is 7.63. The van der Waals surface area contributed by atoms with Crippen LogP contribution in [0, 0.1) is 17.4 Å². The number of carbonyl (C=O) groups is 1. The van der Waals surface area contributed by atoms with Crippen LogP contribution < -0.4 is 19.6 Å². The molecular weight excluding hydrogens is 805 g/mol. The van der Waals surface area contributed by atoms with Crippen molar-refractivity contribution in [3.05, 3.63) is 125 Å². The highest BCUT2D eigenvalue weighted by Crippen LogP contribution is 2.35. The monoisotopic (exact) mass is 831 g/mol. The molecule has 11 heteroatoms. The lowest BCUT2D eigenvalue weighted by Gasteiger charge is -2.14. The number of benzene rings is 3. The molecule has 44 heavy (non-hydrogen) atoms. The van der Waals surface area contributed by atoms with Crippen molar-refractivity contribution in [2.24, 2.45) is 5.10 Å². The average Bonchev–Trinajstić information content (AvgIpc) is 3.62. The second-order valence-corrected chi connectivity index (χ2v) is 12.7. The van der Waals surface area contributed by atoms with Crippen LogP contribution in [0.15, 0.2) is 97.3 Å². The summed E-state index contributed by atoms with van der Waals surface area (Å²) in [6.07, 6.45) is 1.53. The minimum absolute atomic E-state index is 0.129. The van der Waals surface area contributed by atoms with Crippen molar-refractivity contribution in [2.45, 2.75) is 27.1 Å². The van der Waals surface area contributed by atoms with Crippen LogP contribution in [0.2, 0.25) is 0 Å². The van der Waals surface area contributed by atoms with Gasteiger partial charge in [-0.25, -0.2) is 5.43 Å². The average molecular weight is 833 g/mol. The first kappa shape index (κ1) is 31.9. The fraction of sp³-hybridized carbons (Fsp3) is 0.152. The Bertz CT molecular complexity index is 1800. The van der Waals surface area contributed by atoms with Gasteiger partial charge in [0.2, 0.25) is 0 Å². The first-order valence-electron chi connectivity index (χ1n) is 13.5. The van der Waals surface area contributed by atoms with Gasteiger partial charge in [-0.2, -0.15) is 5.10 Å². The molecule has 0 saturated heterocycles. The second-order valence-electron chi connectivity index (χ2n) is 9.76. The number of nitrogens with zero attached hydrogens (tertiary/aromatic N) is 2. The molecule has 0 unspecified atom stereocenters. The second kappa shape index (κ2) is 14.5. The summed E-state index contributed by atoms with van der Waals surface area (Å²) < 4.78 is 28.1. The van der Waals surface area contributed by atoms with E-state index >= 15 is 0 Å². The first-order chi connectivity index (χ1) is 21.2. The fourth-order valence-electron chi connectivity index (χ4n) is 4.46. The summed E-state index contributed by atoms with van der Waals surface area (Å²) >= 11 is 9.21. The Morgan fingerprint density at radius 2 is 1.70 bits per heavy atom. The zero-order valence-corrected chi connectivity index (χ0v) is 29.4. The number of furan rings is 1. The van der Waals surface area contributed by atoms with E-state index in [1.165, 1.54) is 17.6 Å². The molecule has 226 valence electrons. The largest absolute Gasteiger partial charge is 0.493 e. The number of ether oxygens (including phenoxy) is 3. The molecule has 0 aliphatic heterocycles. The summed E-state index contributed by atoms with van der Waals surface area (Å²) in [4.78, 5) is 12.6. The Morgan fingerprint density at radius 1 is 0.955 bits per heavy atom. The molecular formula is C33H28Br2IN3O5. The van der Waals surface area contributed by atoms with Gasteiger partial charge in [-0.15, -0.1) is 0 Å². The highest BCUT2D eigenvalue weighted by molar-refractivity contribution is 14.1. The van der Waals surface area contributed by atoms with E-state index in [0.29, 0.717) is 29.6 Å². The van der Waals surface area contributed by atoms with Gasteiger partial charge in [0.25, 0.3) is 0 Å². The van der Waals surface area contributed by atoms with Gasteiger partial charge in [0.15, 0.2) is 17.3 Å². The smallest absolute Gasteiger partial charge is 0.307 e. The number of amides is 1. The van der Waals surface area contributed by atoms with E-state index in [1.807, 2.05) is 48.5 Å². The lowest BCUT2D eigenvalue weighted by Crippen LogP contribution is -2.16. The van der Waals surface area contributed by atoms with Crippen molar-refractivity contribution >= 4 is 66.6 Å². The van der Waals surface area contributed by atoms with Crippen molar-refractivity contribution in [1.82, 2.24) is 9.99 Å². The lowest BCUT2D eigenvalue weighted by atomic mass is 10.2. The van der Waals surface area contributed by atoms with Gasteiger partial charge < -0.3 is 23.2 Å². The van der Waals surface area contributed by atoms with Gasteiger partial charge in [-0.3, -0.25) is 4.79 Å². The Balaban J connectivity index is 1.15. The van der Waals surface area contributed by atoms with Crippen molar-refractivity contribution in [2.75, 3.05) is 7.11 Å². The number of nitrogens with one attached hydrogen (secondary N) is 1. The number of carbonyl (C=O) groups excluding carboxylic acids is 1. The predicted octanol–water partition coefficient (Wildman–Crippen LogP) is 8.75. The Labute approximate surface area is 285 Å². The molecule has 0 aliphatic rings. The third-order valence-electron chi connectivity index (χ3n) is 6.65. The maximum absolute atomic E-state index is 12.6. The molecule has 2 heterocycles. The van der Waals surface area contributed by atoms with Gasteiger partial charge in [0.05, 0.1) is 16.9 Å². The molecule has 0 saturated carbocycles. The number of hydrogen-bond donors (Lipinski definition) is 1. The summed E-state index contributed by atoms with van der Waals surface area (Å²) in [5.74, 6) is 2.05. The number of rotatable bonds is 11. The summed E-state index contributed by atoms with van der Waals surface area (Å²) in [6.45, 7) is 4.69. The molecule has 3 aromatic carbocycles. The van der Waals surface area contributed by atoms with Crippen molar-refractivity contribution in [3.8, 4) is 22.9 Å². The lowest BCUT2D eigenvalue weighted by molar-refractivity contribution is 0.0923. The highest BCUT2D eigenvalue weighted by Gasteiger charge is 2.14. The molecule has 0 fully saturated rings. The molecule has 0 bridgehead atoms. The summed E-state index contributed by atoms with van der Waals surface area (Å²) in [5, 5.41) is 4.09. The molecule has 5 rings (SSSR count). The zero-order chi connectivity index (χ0) is 31.2. The Kier molecular flexibility index (Phi) is 10.5. The van der Waals surface area contributed by atoms with Gasteiger partial charge >= 0.3 is 5.91 Å². The van der Waals surface area contributed by atoms with E-state index in [-0.39, 0.29) is 12.4 Å². The van der Waals surface area contributed by atoms with Crippen LogP contribution in [0.25, 0.3) is 5.69 Å².